The minimum atomic E-state index is -1.40. The molecular weight excluding hydrogens is 251 g/mol. The number of rotatable bonds is 3. The maximum absolute atomic E-state index is 13.2. The fourth-order valence-corrected chi connectivity index (χ4v) is 1.40. The molecule has 1 aromatic heterocycles. The molecule has 1 heterocycles. The number of hydrogen-bond donors (Lipinski definition) is 1. The lowest BCUT2D eigenvalue weighted by Gasteiger charge is -2.06. The van der Waals surface area contributed by atoms with Crippen LogP contribution in [-0.2, 0) is 0 Å². The fraction of sp³-hybridized carbons (Fsp3) is 0. The molecule has 0 radical (unpaired) electrons. The minimum Gasteiger partial charge on any atom is -0.478 e. The van der Waals surface area contributed by atoms with Crippen molar-refractivity contribution in [2.24, 2.45) is 0 Å². The SMILES string of the molecule is N#Cc1cccnc1Oc1ccc(F)c(C(=O)O)c1. The van der Waals surface area contributed by atoms with Crippen molar-refractivity contribution in [3.8, 4) is 17.7 Å². The molecule has 0 aliphatic carbocycles. The van der Waals surface area contributed by atoms with E-state index >= 15 is 0 Å². The summed E-state index contributed by atoms with van der Waals surface area (Å²) in [5.41, 5.74) is -0.310. The predicted octanol–water partition coefficient (Wildman–Crippen LogP) is 2.58. The zero-order valence-corrected chi connectivity index (χ0v) is 9.50. The number of carboxylic acid groups (broad SMARTS) is 1. The molecule has 0 saturated heterocycles. The van der Waals surface area contributed by atoms with Gasteiger partial charge in [-0.15, -0.1) is 0 Å². The van der Waals surface area contributed by atoms with Gasteiger partial charge in [-0.1, -0.05) is 0 Å². The van der Waals surface area contributed by atoms with Crippen molar-refractivity contribution in [3.63, 3.8) is 0 Å². The van der Waals surface area contributed by atoms with Crippen LogP contribution in [0.3, 0.4) is 0 Å². The minimum absolute atomic E-state index is 0.0351. The number of ether oxygens (including phenoxy) is 1. The van der Waals surface area contributed by atoms with E-state index in [1.807, 2.05) is 6.07 Å². The van der Waals surface area contributed by atoms with Gasteiger partial charge in [-0.2, -0.15) is 5.26 Å². The maximum Gasteiger partial charge on any atom is 0.338 e. The smallest absolute Gasteiger partial charge is 0.338 e. The molecule has 94 valence electrons. The van der Waals surface area contributed by atoms with E-state index in [9.17, 15) is 9.18 Å². The molecule has 0 amide bonds. The van der Waals surface area contributed by atoms with E-state index < -0.39 is 17.3 Å². The second kappa shape index (κ2) is 5.14. The number of benzene rings is 1. The molecule has 2 aromatic rings. The first kappa shape index (κ1) is 12.5. The molecule has 6 heteroatoms. The summed E-state index contributed by atoms with van der Waals surface area (Å²) in [7, 11) is 0. The first-order valence-corrected chi connectivity index (χ1v) is 5.17. The predicted molar refractivity (Wildman–Crippen MR) is 62.4 cm³/mol. The molecule has 2 rings (SSSR count). The van der Waals surface area contributed by atoms with E-state index in [1.54, 1.807) is 6.07 Å². The highest BCUT2D eigenvalue weighted by Crippen LogP contribution is 2.24. The van der Waals surface area contributed by atoms with Crippen LogP contribution in [0.1, 0.15) is 15.9 Å². The Morgan fingerprint density at radius 3 is 2.89 bits per heavy atom. The first-order chi connectivity index (χ1) is 9.11. The summed E-state index contributed by atoms with van der Waals surface area (Å²) in [6.07, 6.45) is 1.43. The number of nitrogens with zero attached hydrogens (tertiary/aromatic N) is 2. The molecule has 0 unspecified atom stereocenters. The van der Waals surface area contributed by atoms with Gasteiger partial charge in [0.05, 0.1) is 5.56 Å². The van der Waals surface area contributed by atoms with Crippen molar-refractivity contribution < 1.29 is 19.0 Å². The van der Waals surface area contributed by atoms with E-state index in [-0.39, 0.29) is 17.2 Å². The molecule has 5 nitrogen and oxygen atoms in total. The van der Waals surface area contributed by atoms with Crippen molar-refractivity contribution in [3.05, 3.63) is 53.5 Å². The Bertz CT molecular complexity index is 680. The molecule has 0 aliphatic rings. The van der Waals surface area contributed by atoms with E-state index in [0.29, 0.717) is 0 Å². The molecule has 0 saturated carbocycles. The second-order valence-electron chi connectivity index (χ2n) is 3.52. The average molecular weight is 258 g/mol. The molecule has 19 heavy (non-hydrogen) atoms. The van der Waals surface area contributed by atoms with E-state index in [0.717, 1.165) is 12.1 Å². The van der Waals surface area contributed by atoms with Crippen molar-refractivity contribution in [1.29, 1.82) is 5.26 Å². The quantitative estimate of drug-likeness (QED) is 0.914. The number of hydrogen-bond acceptors (Lipinski definition) is 4. The normalized spacial score (nSPS) is 9.68. The zero-order valence-electron chi connectivity index (χ0n) is 9.50. The van der Waals surface area contributed by atoms with Gasteiger partial charge in [-0.25, -0.2) is 14.2 Å². The van der Waals surface area contributed by atoms with Gasteiger partial charge in [0.15, 0.2) is 0 Å². The van der Waals surface area contributed by atoms with Crippen molar-refractivity contribution >= 4 is 5.97 Å². The van der Waals surface area contributed by atoms with Gasteiger partial charge in [0, 0.05) is 6.20 Å². The van der Waals surface area contributed by atoms with Crippen LogP contribution in [0.2, 0.25) is 0 Å². The highest BCUT2D eigenvalue weighted by molar-refractivity contribution is 5.88. The number of nitriles is 1. The van der Waals surface area contributed by atoms with Crippen LogP contribution in [-0.4, -0.2) is 16.1 Å². The van der Waals surface area contributed by atoms with Crippen LogP contribution >= 0.6 is 0 Å². The second-order valence-corrected chi connectivity index (χ2v) is 3.52. The number of carbonyl (C=O) groups is 1. The van der Waals surface area contributed by atoms with Gasteiger partial charge in [0.2, 0.25) is 5.88 Å². The summed E-state index contributed by atoms with van der Waals surface area (Å²) in [6, 6.07) is 8.24. The van der Waals surface area contributed by atoms with Gasteiger partial charge < -0.3 is 9.84 Å². The van der Waals surface area contributed by atoms with Crippen molar-refractivity contribution in [2.45, 2.75) is 0 Å². The Kier molecular flexibility index (Phi) is 3.39. The fourth-order valence-electron chi connectivity index (χ4n) is 1.40. The van der Waals surface area contributed by atoms with Gasteiger partial charge in [0.25, 0.3) is 0 Å². The van der Waals surface area contributed by atoms with Gasteiger partial charge in [-0.3, -0.25) is 0 Å². The highest BCUT2D eigenvalue weighted by Gasteiger charge is 2.13. The average Bonchev–Trinajstić information content (AvgIpc) is 2.41. The van der Waals surface area contributed by atoms with Crippen molar-refractivity contribution in [2.75, 3.05) is 0 Å². The monoisotopic (exact) mass is 258 g/mol. The van der Waals surface area contributed by atoms with Gasteiger partial charge >= 0.3 is 5.97 Å². The van der Waals surface area contributed by atoms with E-state index in [2.05, 4.69) is 4.98 Å². The number of pyridine rings is 1. The molecule has 0 atom stereocenters. The third kappa shape index (κ3) is 2.66. The Morgan fingerprint density at radius 2 is 2.21 bits per heavy atom. The molecule has 0 aliphatic heterocycles. The number of aromatic carboxylic acids is 1. The number of aromatic nitrogens is 1. The molecule has 0 bridgehead atoms. The summed E-state index contributed by atoms with van der Waals surface area (Å²) in [4.78, 5) is 14.6. The lowest BCUT2D eigenvalue weighted by molar-refractivity contribution is 0.0691. The van der Waals surface area contributed by atoms with E-state index in [4.69, 9.17) is 15.1 Å². The summed E-state index contributed by atoms with van der Waals surface area (Å²) in [5.74, 6) is -2.13. The highest BCUT2D eigenvalue weighted by atomic mass is 19.1. The standard InChI is InChI=1S/C13H7FN2O3/c14-11-4-3-9(6-10(11)13(17)18)19-12-8(7-15)2-1-5-16-12/h1-6H,(H,17,18). The lowest BCUT2D eigenvalue weighted by Crippen LogP contribution is -2.01. The largest absolute Gasteiger partial charge is 0.478 e. The molecular formula is C13H7FN2O3. The Morgan fingerprint density at radius 1 is 1.42 bits per heavy atom. The van der Waals surface area contributed by atoms with Crippen LogP contribution in [0.4, 0.5) is 4.39 Å². The Balaban J connectivity index is 2.37. The zero-order chi connectivity index (χ0) is 13.8. The molecule has 0 spiro atoms. The van der Waals surface area contributed by atoms with Crippen LogP contribution in [0.5, 0.6) is 11.6 Å². The number of halogens is 1. The Hall–Kier alpha value is -2.94. The van der Waals surface area contributed by atoms with Gasteiger partial charge in [-0.05, 0) is 30.3 Å². The molecule has 1 aromatic carbocycles. The van der Waals surface area contributed by atoms with Crippen LogP contribution in [0.15, 0.2) is 36.5 Å². The summed E-state index contributed by atoms with van der Waals surface area (Å²) in [6.45, 7) is 0. The van der Waals surface area contributed by atoms with Crippen LogP contribution in [0.25, 0.3) is 0 Å². The van der Waals surface area contributed by atoms with Crippen molar-refractivity contribution in [1.82, 2.24) is 4.98 Å². The first-order valence-electron chi connectivity index (χ1n) is 5.17. The maximum atomic E-state index is 13.2. The lowest BCUT2D eigenvalue weighted by atomic mass is 10.2. The third-order valence-electron chi connectivity index (χ3n) is 2.27. The van der Waals surface area contributed by atoms with E-state index in [1.165, 1.54) is 18.3 Å². The number of carboxylic acids is 1. The molecule has 1 N–H and O–H groups in total. The summed E-state index contributed by atoms with van der Waals surface area (Å²) < 4.78 is 18.5. The Labute approximate surface area is 107 Å². The van der Waals surface area contributed by atoms with Crippen LogP contribution < -0.4 is 4.74 Å². The third-order valence-corrected chi connectivity index (χ3v) is 2.27. The van der Waals surface area contributed by atoms with Gasteiger partial charge in [0.1, 0.15) is 23.2 Å². The van der Waals surface area contributed by atoms with Crippen LogP contribution in [0, 0.1) is 17.1 Å². The molecule has 0 fully saturated rings. The summed E-state index contributed by atoms with van der Waals surface area (Å²) >= 11 is 0. The summed E-state index contributed by atoms with van der Waals surface area (Å²) in [5, 5.41) is 17.7. The topological polar surface area (TPSA) is 83.2 Å².